The number of imide groups is 2. The van der Waals surface area contributed by atoms with E-state index >= 15 is 0 Å². The van der Waals surface area contributed by atoms with E-state index in [2.05, 4.69) is 10.6 Å². The van der Waals surface area contributed by atoms with Crippen molar-refractivity contribution in [2.45, 2.75) is 12.1 Å². The first kappa shape index (κ1) is 21.1. The molecule has 0 aromatic heterocycles. The maximum absolute atomic E-state index is 13.7. The molecule has 2 aliphatic rings. The van der Waals surface area contributed by atoms with Crippen LogP contribution in [0.1, 0.15) is 23.2 Å². The molecule has 0 aliphatic carbocycles. The predicted molar refractivity (Wildman–Crippen MR) is 113 cm³/mol. The SMILES string of the molecule is CN1C(=O)N(C)C(=O)C2(C1=O)C(c1ccc(Cl)cc1)NC(=O)NC2c1ccc(Cl)cc1. The van der Waals surface area contributed by atoms with Gasteiger partial charge in [0.1, 0.15) is 0 Å². The Hall–Kier alpha value is -3.10. The van der Waals surface area contributed by atoms with Crippen LogP contribution in [0.25, 0.3) is 0 Å². The van der Waals surface area contributed by atoms with Gasteiger partial charge in [-0.15, -0.1) is 0 Å². The third-order valence-electron chi connectivity index (χ3n) is 5.76. The zero-order valence-corrected chi connectivity index (χ0v) is 18.1. The Morgan fingerprint density at radius 2 is 1.06 bits per heavy atom. The number of rotatable bonds is 2. The van der Waals surface area contributed by atoms with Crippen molar-refractivity contribution in [3.8, 4) is 0 Å². The number of hydrogen-bond acceptors (Lipinski definition) is 4. The molecule has 2 heterocycles. The van der Waals surface area contributed by atoms with E-state index in [0.717, 1.165) is 9.80 Å². The van der Waals surface area contributed by atoms with Crippen LogP contribution in [0.3, 0.4) is 0 Å². The molecule has 2 saturated heterocycles. The van der Waals surface area contributed by atoms with Gasteiger partial charge in [-0.3, -0.25) is 19.4 Å². The summed E-state index contributed by atoms with van der Waals surface area (Å²) in [6.07, 6.45) is 0. The van der Waals surface area contributed by atoms with Crippen molar-refractivity contribution in [1.82, 2.24) is 20.4 Å². The van der Waals surface area contributed by atoms with Crippen LogP contribution in [-0.4, -0.2) is 47.8 Å². The van der Waals surface area contributed by atoms with Crippen LogP contribution in [0.2, 0.25) is 10.0 Å². The minimum atomic E-state index is -1.87. The quantitative estimate of drug-likeness (QED) is 0.672. The molecule has 2 aromatic carbocycles. The number of carbonyl (C=O) groups is 4. The number of urea groups is 2. The molecule has 2 N–H and O–H groups in total. The molecule has 2 atom stereocenters. The third kappa shape index (κ3) is 3.14. The standard InChI is InChI=1S/C21H18Cl2N4O4/c1-26-17(28)21(18(29)27(2)20(26)31)15(11-3-7-13(22)8-4-11)24-19(30)25-16(21)12-5-9-14(23)10-6-12/h3-10,15-16H,1-2H3,(H2,24,25,30). The van der Waals surface area contributed by atoms with Crippen LogP contribution in [-0.2, 0) is 9.59 Å². The van der Waals surface area contributed by atoms with Gasteiger partial charge in [0.2, 0.25) is 0 Å². The Bertz CT molecular complexity index is 1000. The van der Waals surface area contributed by atoms with Crippen LogP contribution in [0.5, 0.6) is 0 Å². The molecule has 2 unspecified atom stereocenters. The van der Waals surface area contributed by atoms with Crippen LogP contribution >= 0.6 is 23.2 Å². The number of benzene rings is 2. The molecule has 0 saturated carbocycles. The number of halogens is 2. The summed E-state index contributed by atoms with van der Waals surface area (Å²) in [5.41, 5.74) is -0.875. The molecule has 8 nitrogen and oxygen atoms in total. The average molecular weight is 461 g/mol. The van der Waals surface area contributed by atoms with Gasteiger partial charge in [-0.1, -0.05) is 47.5 Å². The summed E-state index contributed by atoms with van der Waals surface area (Å²) in [6, 6.07) is 9.53. The fourth-order valence-corrected chi connectivity index (χ4v) is 4.49. The van der Waals surface area contributed by atoms with E-state index in [1.165, 1.54) is 14.1 Å². The normalized spacial score (nSPS) is 23.1. The maximum atomic E-state index is 13.7. The van der Waals surface area contributed by atoms with E-state index in [1.54, 1.807) is 48.5 Å². The summed E-state index contributed by atoms with van der Waals surface area (Å²) in [4.78, 5) is 54.3. The number of barbiturate groups is 1. The van der Waals surface area contributed by atoms with Gasteiger partial charge in [-0.2, -0.15) is 0 Å². The second kappa shape index (κ2) is 7.55. The monoisotopic (exact) mass is 460 g/mol. The summed E-state index contributed by atoms with van der Waals surface area (Å²) >= 11 is 12.0. The number of carbonyl (C=O) groups excluding carboxylic acids is 4. The van der Waals surface area contributed by atoms with E-state index in [1.807, 2.05) is 0 Å². The summed E-state index contributed by atoms with van der Waals surface area (Å²) in [6.45, 7) is 0. The van der Waals surface area contributed by atoms with Crippen LogP contribution in [0.4, 0.5) is 9.59 Å². The number of amides is 6. The van der Waals surface area contributed by atoms with Crippen molar-refractivity contribution in [2.75, 3.05) is 14.1 Å². The van der Waals surface area contributed by atoms with Gasteiger partial charge in [-0.05, 0) is 35.4 Å². The fraction of sp³-hybridized carbons (Fsp3) is 0.238. The largest absolute Gasteiger partial charge is 0.332 e. The molecule has 2 fully saturated rings. The second-order valence-electron chi connectivity index (χ2n) is 7.47. The van der Waals surface area contributed by atoms with Gasteiger partial charge >= 0.3 is 12.1 Å². The molecule has 6 amide bonds. The molecule has 2 aliphatic heterocycles. The topological polar surface area (TPSA) is 98.8 Å². The first-order valence-electron chi connectivity index (χ1n) is 9.36. The Morgan fingerprint density at radius 1 is 0.710 bits per heavy atom. The van der Waals surface area contributed by atoms with Gasteiger partial charge in [-0.25, -0.2) is 9.59 Å². The molecule has 31 heavy (non-hydrogen) atoms. The van der Waals surface area contributed by atoms with E-state index in [9.17, 15) is 19.2 Å². The lowest BCUT2D eigenvalue weighted by Gasteiger charge is -2.52. The minimum absolute atomic E-state index is 0.457. The average Bonchev–Trinajstić information content (AvgIpc) is 2.76. The van der Waals surface area contributed by atoms with Gasteiger partial charge in [0.05, 0.1) is 12.1 Å². The highest BCUT2D eigenvalue weighted by Crippen LogP contribution is 2.51. The molecular formula is C21H18Cl2N4O4. The molecule has 1 spiro atoms. The van der Waals surface area contributed by atoms with E-state index in [0.29, 0.717) is 21.2 Å². The Kier molecular flexibility index (Phi) is 5.15. The third-order valence-corrected chi connectivity index (χ3v) is 6.26. The molecule has 0 bridgehead atoms. The van der Waals surface area contributed by atoms with Crippen molar-refractivity contribution in [3.05, 3.63) is 69.7 Å². The highest BCUT2D eigenvalue weighted by atomic mass is 35.5. The van der Waals surface area contributed by atoms with Crippen molar-refractivity contribution in [3.63, 3.8) is 0 Å². The highest BCUT2D eigenvalue weighted by Gasteiger charge is 2.67. The Balaban J connectivity index is 1.99. The smallest absolute Gasteiger partial charge is 0.330 e. The zero-order valence-electron chi connectivity index (χ0n) is 16.6. The Labute approximate surface area is 188 Å². The van der Waals surface area contributed by atoms with Gasteiger partial charge in [0.25, 0.3) is 11.8 Å². The highest BCUT2D eigenvalue weighted by molar-refractivity contribution is 6.30. The number of nitrogens with one attached hydrogen (secondary N) is 2. The second-order valence-corrected chi connectivity index (χ2v) is 8.34. The number of hydrogen-bond donors (Lipinski definition) is 2. The van der Waals surface area contributed by atoms with E-state index in [-0.39, 0.29) is 0 Å². The van der Waals surface area contributed by atoms with Gasteiger partial charge < -0.3 is 10.6 Å². The molecule has 10 heteroatoms. The summed E-state index contributed by atoms with van der Waals surface area (Å²) in [5, 5.41) is 6.34. The van der Waals surface area contributed by atoms with Crippen molar-refractivity contribution in [1.29, 1.82) is 0 Å². The maximum Gasteiger partial charge on any atom is 0.332 e. The molecule has 160 valence electrons. The van der Waals surface area contributed by atoms with E-state index in [4.69, 9.17) is 23.2 Å². The van der Waals surface area contributed by atoms with Crippen LogP contribution in [0, 0.1) is 5.41 Å². The lowest BCUT2D eigenvalue weighted by Crippen LogP contribution is -2.73. The predicted octanol–water partition coefficient (Wildman–Crippen LogP) is 3.13. The minimum Gasteiger partial charge on any atom is -0.330 e. The van der Waals surface area contributed by atoms with Crippen LogP contribution < -0.4 is 10.6 Å². The summed E-state index contributed by atoms with van der Waals surface area (Å²) < 4.78 is 0. The first-order chi connectivity index (χ1) is 14.7. The summed E-state index contributed by atoms with van der Waals surface area (Å²) in [5.74, 6) is -1.46. The Morgan fingerprint density at radius 3 is 1.42 bits per heavy atom. The van der Waals surface area contributed by atoms with Gasteiger partial charge in [0.15, 0.2) is 5.41 Å². The molecular weight excluding hydrogens is 443 g/mol. The zero-order chi connectivity index (χ0) is 22.5. The van der Waals surface area contributed by atoms with Crippen LogP contribution in [0.15, 0.2) is 48.5 Å². The fourth-order valence-electron chi connectivity index (χ4n) is 4.24. The first-order valence-corrected chi connectivity index (χ1v) is 10.1. The summed E-state index contributed by atoms with van der Waals surface area (Å²) in [7, 11) is 2.62. The van der Waals surface area contributed by atoms with Crippen molar-refractivity contribution >= 4 is 47.1 Å². The molecule has 2 aromatic rings. The van der Waals surface area contributed by atoms with Crippen molar-refractivity contribution < 1.29 is 19.2 Å². The molecule has 0 radical (unpaired) electrons. The van der Waals surface area contributed by atoms with E-state index < -0.39 is 41.4 Å². The van der Waals surface area contributed by atoms with Crippen molar-refractivity contribution in [2.24, 2.45) is 5.41 Å². The lowest BCUT2D eigenvalue weighted by atomic mass is 9.65. The van der Waals surface area contributed by atoms with Gasteiger partial charge in [0, 0.05) is 24.1 Å². The number of nitrogens with zero attached hydrogens (tertiary/aromatic N) is 2. The lowest BCUT2D eigenvalue weighted by molar-refractivity contribution is -0.163. The molecule has 4 rings (SSSR count).